The first kappa shape index (κ1) is 13.9. The summed E-state index contributed by atoms with van der Waals surface area (Å²) in [5.74, 6) is 0. The van der Waals surface area contributed by atoms with E-state index in [0.717, 1.165) is 5.52 Å². The van der Waals surface area contributed by atoms with Crippen molar-refractivity contribution in [3.63, 3.8) is 0 Å². The van der Waals surface area contributed by atoms with Crippen LogP contribution in [-0.2, 0) is 10.0 Å². The van der Waals surface area contributed by atoms with Gasteiger partial charge in [0.25, 0.3) is 0 Å². The average Bonchev–Trinajstić information content (AvgIpc) is 2.72. The number of sulfonamides is 1. The quantitative estimate of drug-likeness (QED) is 0.843. The van der Waals surface area contributed by atoms with Crippen molar-refractivity contribution in [2.24, 2.45) is 0 Å². The fraction of sp³-hybridized carbons (Fsp3) is 0.385. The highest BCUT2D eigenvalue weighted by Gasteiger charge is 2.28. The molecule has 1 aromatic heterocycles. The van der Waals surface area contributed by atoms with Crippen LogP contribution in [0.5, 0.6) is 0 Å². The number of aromatic amines is 1. The van der Waals surface area contributed by atoms with Crippen molar-refractivity contribution in [1.29, 1.82) is 0 Å². The van der Waals surface area contributed by atoms with Crippen molar-refractivity contribution in [1.82, 2.24) is 9.29 Å². The zero-order valence-electron chi connectivity index (χ0n) is 11.3. The topological polar surface area (TPSA) is 79.2 Å². The van der Waals surface area contributed by atoms with E-state index in [1.807, 2.05) is 20.8 Å². The van der Waals surface area contributed by atoms with E-state index in [1.165, 1.54) is 10.5 Å². The summed E-state index contributed by atoms with van der Waals surface area (Å²) in [6.45, 7) is 6.00. The summed E-state index contributed by atoms with van der Waals surface area (Å²) in [7, 11) is -3.50. The predicted octanol–water partition coefficient (Wildman–Crippen LogP) is 2.17. The monoisotopic (exact) mass is 281 g/mol. The maximum absolute atomic E-state index is 12.7. The smallest absolute Gasteiger partial charge is 0.245 e. The highest BCUT2D eigenvalue weighted by molar-refractivity contribution is 7.89. The summed E-state index contributed by atoms with van der Waals surface area (Å²) < 4.78 is 26.8. The lowest BCUT2D eigenvalue weighted by atomic mass is 10.2. The van der Waals surface area contributed by atoms with Crippen molar-refractivity contribution in [3.8, 4) is 0 Å². The number of hydrogen-bond acceptors (Lipinski definition) is 3. The van der Waals surface area contributed by atoms with E-state index in [1.54, 1.807) is 18.2 Å². The molecule has 1 heterocycles. The van der Waals surface area contributed by atoms with Crippen molar-refractivity contribution in [2.45, 2.75) is 31.7 Å². The Morgan fingerprint density at radius 3 is 2.63 bits per heavy atom. The van der Waals surface area contributed by atoms with Crippen molar-refractivity contribution < 1.29 is 8.42 Å². The summed E-state index contributed by atoms with van der Waals surface area (Å²) in [5.41, 5.74) is 7.06. The Bertz CT molecular complexity index is 689. The normalized spacial score (nSPS) is 12.7. The highest BCUT2D eigenvalue weighted by Crippen LogP contribution is 2.28. The molecule has 0 fully saturated rings. The van der Waals surface area contributed by atoms with Gasteiger partial charge in [-0.15, -0.1) is 0 Å². The molecule has 0 atom stereocenters. The van der Waals surface area contributed by atoms with E-state index >= 15 is 0 Å². The summed E-state index contributed by atoms with van der Waals surface area (Å²) in [4.78, 5) is 3.26. The number of aromatic nitrogens is 1. The third-order valence-electron chi connectivity index (χ3n) is 3.14. The maximum atomic E-state index is 12.7. The second-order valence-corrected chi connectivity index (χ2v) is 6.62. The molecule has 6 heteroatoms. The molecule has 104 valence electrons. The van der Waals surface area contributed by atoms with Gasteiger partial charge in [0.2, 0.25) is 10.0 Å². The van der Waals surface area contributed by atoms with E-state index in [4.69, 9.17) is 5.73 Å². The van der Waals surface area contributed by atoms with Gasteiger partial charge in [0.05, 0.1) is 0 Å². The molecule has 1 aromatic carbocycles. The molecule has 0 amide bonds. The van der Waals surface area contributed by atoms with Crippen LogP contribution in [0, 0.1) is 0 Å². The lowest BCUT2D eigenvalue weighted by Gasteiger charge is -2.23. The number of hydrogen-bond donors (Lipinski definition) is 2. The molecule has 3 N–H and O–H groups in total. The third kappa shape index (κ3) is 2.33. The third-order valence-corrected chi connectivity index (χ3v) is 5.33. The fourth-order valence-electron chi connectivity index (χ4n) is 2.27. The van der Waals surface area contributed by atoms with E-state index < -0.39 is 10.0 Å². The predicted molar refractivity (Wildman–Crippen MR) is 77.4 cm³/mol. The number of nitrogen functional groups attached to an aromatic ring is 1. The lowest BCUT2D eigenvalue weighted by Crippen LogP contribution is -2.36. The van der Waals surface area contributed by atoms with Crippen LogP contribution in [0.15, 0.2) is 29.3 Å². The van der Waals surface area contributed by atoms with Gasteiger partial charge in [-0.2, -0.15) is 4.31 Å². The molecule has 0 aliphatic rings. The summed E-state index contributed by atoms with van der Waals surface area (Å²) in [6, 6.07) is 5.14. The zero-order chi connectivity index (χ0) is 14.2. The number of nitrogens with two attached hydrogens (primary N) is 1. The molecule has 0 bridgehead atoms. The number of rotatable bonds is 4. The molecule has 2 aromatic rings. The molecule has 0 saturated carbocycles. The standard InChI is InChI=1S/C13H19N3O2S/c1-4-16(9(2)3)19(17,18)13-8-15-12-6-5-10(14)7-11(12)13/h5-9,15H,4,14H2,1-3H3. The van der Waals surface area contributed by atoms with Crippen LogP contribution >= 0.6 is 0 Å². The van der Waals surface area contributed by atoms with Gasteiger partial charge < -0.3 is 10.7 Å². The second-order valence-electron chi connectivity index (χ2n) is 4.76. The number of anilines is 1. The van der Waals surface area contributed by atoms with Gasteiger partial charge >= 0.3 is 0 Å². The van der Waals surface area contributed by atoms with Crippen molar-refractivity contribution >= 4 is 26.6 Å². The Morgan fingerprint density at radius 2 is 2.05 bits per heavy atom. The molecule has 0 saturated heterocycles. The first-order chi connectivity index (χ1) is 8.87. The molecular formula is C13H19N3O2S. The number of fused-ring (bicyclic) bond motifs is 1. The van der Waals surface area contributed by atoms with E-state index in [-0.39, 0.29) is 10.9 Å². The molecule has 5 nitrogen and oxygen atoms in total. The van der Waals surface area contributed by atoms with E-state index in [9.17, 15) is 8.42 Å². The van der Waals surface area contributed by atoms with Gasteiger partial charge in [-0.1, -0.05) is 6.92 Å². The van der Waals surface area contributed by atoms with Gasteiger partial charge in [0, 0.05) is 35.4 Å². The Labute approximate surface area is 113 Å². The Morgan fingerprint density at radius 1 is 1.37 bits per heavy atom. The average molecular weight is 281 g/mol. The van der Waals surface area contributed by atoms with Crippen LogP contribution in [0.2, 0.25) is 0 Å². The second kappa shape index (κ2) is 4.86. The van der Waals surface area contributed by atoms with Crippen LogP contribution in [-0.4, -0.2) is 30.3 Å². The van der Waals surface area contributed by atoms with Crippen LogP contribution in [0.4, 0.5) is 5.69 Å². The first-order valence-corrected chi connectivity index (χ1v) is 7.70. The largest absolute Gasteiger partial charge is 0.399 e. The number of benzene rings is 1. The summed E-state index contributed by atoms with van der Waals surface area (Å²) >= 11 is 0. The minimum absolute atomic E-state index is 0.0824. The fourth-order valence-corrected chi connectivity index (χ4v) is 4.07. The molecule has 19 heavy (non-hydrogen) atoms. The van der Waals surface area contributed by atoms with Crippen molar-refractivity contribution in [3.05, 3.63) is 24.4 Å². The lowest BCUT2D eigenvalue weighted by molar-refractivity contribution is 0.369. The molecule has 0 radical (unpaired) electrons. The Kier molecular flexibility index (Phi) is 3.56. The van der Waals surface area contributed by atoms with Crippen LogP contribution in [0.25, 0.3) is 10.9 Å². The summed E-state index contributed by atoms with van der Waals surface area (Å²) in [5, 5.41) is 0.638. The Balaban J connectivity index is 2.64. The first-order valence-electron chi connectivity index (χ1n) is 6.26. The van der Waals surface area contributed by atoms with Gasteiger partial charge in [-0.3, -0.25) is 0 Å². The van der Waals surface area contributed by atoms with Crippen LogP contribution < -0.4 is 5.73 Å². The number of nitrogens with zero attached hydrogens (tertiary/aromatic N) is 1. The summed E-state index contributed by atoms with van der Waals surface area (Å²) in [6.07, 6.45) is 1.53. The van der Waals surface area contributed by atoms with Gasteiger partial charge in [-0.05, 0) is 32.0 Å². The number of nitrogens with one attached hydrogen (secondary N) is 1. The SMILES string of the molecule is CCN(C(C)C)S(=O)(=O)c1c[nH]c2ccc(N)cc12. The van der Waals surface area contributed by atoms with E-state index in [0.29, 0.717) is 17.6 Å². The number of H-pyrrole nitrogens is 1. The van der Waals surface area contributed by atoms with E-state index in [2.05, 4.69) is 4.98 Å². The molecule has 0 unspecified atom stereocenters. The Hall–Kier alpha value is -1.53. The molecular weight excluding hydrogens is 262 g/mol. The highest BCUT2D eigenvalue weighted by atomic mass is 32.2. The van der Waals surface area contributed by atoms with Gasteiger partial charge in [0.1, 0.15) is 4.90 Å². The van der Waals surface area contributed by atoms with Crippen LogP contribution in [0.3, 0.4) is 0 Å². The van der Waals surface area contributed by atoms with Crippen LogP contribution in [0.1, 0.15) is 20.8 Å². The minimum atomic E-state index is -3.50. The maximum Gasteiger partial charge on any atom is 0.245 e. The molecule has 2 rings (SSSR count). The minimum Gasteiger partial charge on any atom is -0.399 e. The van der Waals surface area contributed by atoms with Gasteiger partial charge in [-0.25, -0.2) is 8.42 Å². The zero-order valence-corrected chi connectivity index (χ0v) is 12.2. The van der Waals surface area contributed by atoms with Gasteiger partial charge in [0.15, 0.2) is 0 Å². The molecule has 0 aliphatic carbocycles. The van der Waals surface area contributed by atoms with Crippen molar-refractivity contribution in [2.75, 3.05) is 12.3 Å². The molecule has 0 aliphatic heterocycles. The molecule has 0 spiro atoms.